The zero-order chi connectivity index (χ0) is 31.7. The number of pyridine rings is 1. The van der Waals surface area contributed by atoms with E-state index in [-0.39, 0.29) is 22.7 Å². The van der Waals surface area contributed by atoms with Crippen LogP contribution in [0.15, 0.2) is 118 Å². The van der Waals surface area contributed by atoms with Crippen molar-refractivity contribution < 1.29 is 4.79 Å². The average Bonchev–Trinajstić information content (AvgIpc) is 3.43. The Hall–Kier alpha value is -5.75. The highest BCUT2D eigenvalue weighted by Gasteiger charge is 2.24. The summed E-state index contributed by atoms with van der Waals surface area (Å²) in [5.74, 6) is 5.63. The number of aryl methyl sites for hydroxylation is 1. The Morgan fingerprint density at radius 3 is 2.37 bits per heavy atom. The van der Waals surface area contributed by atoms with Gasteiger partial charge in [0.05, 0.1) is 17.1 Å². The zero-order valence-electron chi connectivity index (χ0n) is 24.9. The fraction of sp³-hybridized carbons (Fsp3) is 0.147. The number of nitrogens with zero attached hydrogens (tertiary/aromatic N) is 5. The number of hydrogen-bond donors (Lipinski definition) is 2. The predicted molar refractivity (Wildman–Crippen MR) is 175 cm³/mol. The van der Waals surface area contributed by atoms with Crippen molar-refractivity contribution in [3.8, 4) is 17.5 Å². The van der Waals surface area contributed by atoms with E-state index in [1.54, 1.807) is 23.1 Å². The summed E-state index contributed by atoms with van der Waals surface area (Å²) in [6.45, 7) is 16.9. The molecule has 3 N–H and O–H groups in total. The molecule has 1 atom stereocenters. The molecule has 0 radical (unpaired) electrons. The number of amidine groups is 1. The Bertz CT molecular complexity index is 1870. The molecular weight excluding hydrogens is 538 g/mol. The Morgan fingerprint density at radius 2 is 1.79 bits per heavy atom. The van der Waals surface area contributed by atoms with Crippen LogP contribution in [0.2, 0.25) is 0 Å². The third-order valence-corrected chi connectivity index (χ3v) is 6.44. The van der Waals surface area contributed by atoms with E-state index in [2.05, 4.69) is 58.7 Å². The molecule has 9 heteroatoms. The number of carbonyl (C=O) groups excluding carboxylic acids is 1. The van der Waals surface area contributed by atoms with E-state index < -0.39 is 11.9 Å². The van der Waals surface area contributed by atoms with Gasteiger partial charge in [-0.05, 0) is 67.8 Å². The molecule has 0 saturated carbocycles. The van der Waals surface area contributed by atoms with Gasteiger partial charge in [-0.15, -0.1) is 13.2 Å². The molecule has 0 spiro atoms. The van der Waals surface area contributed by atoms with Crippen molar-refractivity contribution in [2.24, 2.45) is 22.8 Å². The van der Waals surface area contributed by atoms with Crippen LogP contribution in [0, 0.1) is 11.8 Å². The smallest absolute Gasteiger partial charge is 0.264 e. The van der Waals surface area contributed by atoms with Gasteiger partial charge in [-0.1, -0.05) is 42.8 Å². The molecule has 4 rings (SSSR count). The minimum atomic E-state index is -0.626. The van der Waals surface area contributed by atoms with Gasteiger partial charge in [0.2, 0.25) is 0 Å². The lowest BCUT2D eigenvalue weighted by Crippen LogP contribution is -2.36. The fourth-order valence-corrected chi connectivity index (χ4v) is 4.49. The van der Waals surface area contributed by atoms with Gasteiger partial charge < -0.3 is 11.1 Å². The highest BCUT2D eigenvalue weighted by molar-refractivity contribution is 6.21. The number of nitrogens with two attached hydrogens (primary N) is 1. The van der Waals surface area contributed by atoms with Crippen molar-refractivity contribution in [1.82, 2.24) is 19.7 Å². The van der Waals surface area contributed by atoms with Gasteiger partial charge in [-0.2, -0.15) is 5.10 Å². The number of rotatable bonds is 7. The van der Waals surface area contributed by atoms with Gasteiger partial charge >= 0.3 is 0 Å². The first kappa shape index (κ1) is 31.8. The van der Waals surface area contributed by atoms with Crippen molar-refractivity contribution in [3.63, 3.8) is 0 Å². The normalized spacial score (nSPS) is 12.1. The minimum Gasteiger partial charge on any atom is -0.383 e. The van der Waals surface area contributed by atoms with E-state index in [1.165, 1.54) is 7.05 Å². The molecule has 1 unspecified atom stereocenters. The number of amides is 1. The average molecular weight is 574 g/mol. The van der Waals surface area contributed by atoms with Crippen LogP contribution in [0.3, 0.4) is 0 Å². The molecule has 0 aliphatic heterocycles. The molecule has 1 amide bonds. The molecule has 4 aromatic rings. The minimum absolute atomic E-state index is 0.00446. The standard InChI is InChI=1S/C32H31N7O2.C2H4/c1-20(2)29(34-4)28(30(33)35-5)31(40)36-21(3)26-19-23-12-10-11-22(15-16-24-17-18-38(6)37-24)27(23)32(41)39(26)25-13-8-7-9-14-25;1-2/h7-14,17-19,21H,1,4H2,2-3,5-6H3,(H2,33,35)(H,36,40);1-2H2/b29-28-;. The van der Waals surface area contributed by atoms with Crippen LogP contribution in [0.1, 0.15) is 36.8 Å². The Labute approximate surface area is 251 Å². The lowest BCUT2D eigenvalue weighted by molar-refractivity contribution is -0.117. The number of carbonyl (C=O) groups is 1. The van der Waals surface area contributed by atoms with Gasteiger partial charge in [-0.3, -0.25) is 28.8 Å². The molecular formula is C34H35N7O2. The molecule has 43 heavy (non-hydrogen) atoms. The van der Waals surface area contributed by atoms with Crippen LogP contribution >= 0.6 is 0 Å². The SMILES string of the molecule is C=C.C=N/C(C(=C)C)=C(\C(=O)NC(C)c1cc2cccc(C#Cc3ccn(C)n3)c2c(=O)n1-c1ccccc1)C(N)=NC. The second-order valence-corrected chi connectivity index (χ2v) is 9.41. The summed E-state index contributed by atoms with van der Waals surface area (Å²) < 4.78 is 3.26. The highest BCUT2D eigenvalue weighted by Crippen LogP contribution is 2.24. The second-order valence-electron chi connectivity index (χ2n) is 9.41. The first-order valence-corrected chi connectivity index (χ1v) is 13.3. The second kappa shape index (κ2) is 14.2. The van der Waals surface area contributed by atoms with Crippen molar-refractivity contribution in [1.29, 1.82) is 0 Å². The molecule has 9 nitrogen and oxygen atoms in total. The topological polar surface area (TPSA) is 120 Å². The molecule has 0 aliphatic carbocycles. The first-order valence-electron chi connectivity index (χ1n) is 13.3. The van der Waals surface area contributed by atoms with E-state index in [0.29, 0.717) is 39.0 Å². The van der Waals surface area contributed by atoms with E-state index in [0.717, 1.165) is 0 Å². The van der Waals surface area contributed by atoms with E-state index in [9.17, 15) is 9.59 Å². The van der Waals surface area contributed by atoms with Gasteiger partial charge in [0.1, 0.15) is 17.1 Å². The monoisotopic (exact) mass is 573 g/mol. The molecule has 0 bridgehead atoms. The number of hydrogen-bond acceptors (Lipinski definition) is 5. The summed E-state index contributed by atoms with van der Waals surface area (Å²) in [6.07, 6.45) is 1.81. The number of aliphatic imine (C=N–C) groups is 2. The lowest BCUT2D eigenvalue weighted by Gasteiger charge is -2.22. The molecule has 0 fully saturated rings. The van der Waals surface area contributed by atoms with Crippen LogP contribution in [0.4, 0.5) is 0 Å². The third-order valence-electron chi connectivity index (χ3n) is 6.44. The van der Waals surface area contributed by atoms with Crippen molar-refractivity contribution in [3.05, 3.63) is 131 Å². The summed E-state index contributed by atoms with van der Waals surface area (Å²) >= 11 is 0. The van der Waals surface area contributed by atoms with Gasteiger partial charge in [0.25, 0.3) is 11.5 Å². The van der Waals surface area contributed by atoms with E-state index in [1.807, 2.05) is 73.9 Å². The Balaban J connectivity index is 0.00000248. The number of fused-ring (bicyclic) bond motifs is 1. The molecule has 218 valence electrons. The summed E-state index contributed by atoms with van der Waals surface area (Å²) in [6, 6.07) is 17.8. The van der Waals surface area contributed by atoms with Crippen LogP contribution in [0.5, 0.6) is 0 Å². The van der Waals surface area contributed by atoms with Gasteiger partial charge in [0, 0.05) is 37.2 Å². The highest BCUT2D eigenvalue weighted by atomic mass is 16.2. The molecule has 0 aliphatic rings. The molecule has 2 aromatic carbocycles. The number of allylic oxidation sites excluding steroid dienone is 1. The first-order chi connectivity index (χ1) is 20.7. The quantitative estimate of drug-likeness (QED) is 0.0837. The number of nitrogens with one attached hydrogen (secondary N) is 1. The molecule has 2 aromatic heterocycles. The largest absolute Gasteiger partial charge is 0.383 e. The maximum atomic E-state index is 14.2. The zero-order valence-corrected chi connectivity index (χ0v) is 24.9. The maximum absolute atomic E-state index is 14.2. The van der Waals surface area contributed by atoms with Crippen LogP contribution in [-0.2, 0) is 11.8 Å². The van der Waals surface area contributed by atoms with E-state index in [4.69, 9.17) is 5.73 Å². The summed E-state index contributed by atoms with van der Waals surface area (Å²) in [7, 11) is 3.30. The molecule has 2 heterocycles. The van der Waals surface area contributed by atoms with Gasteiger partial charge in [0.15, 0.2) is 0 Å². The van der Waals surface area contributed by atoms with Crippen LogP contribution in [0.25, 0.3) is 16.5 Å². The summed E-state index contributed by atoms with van der Waals surface area (Å²) in [5.41, 5.74) is 9.01. The number of para-hydroxylation sites is 1. The maximum Gasteiger partial charge on any atom is 0.264 e. The Morgan fingerprint density at radius 1 is 1.09 bits per heavy atom. The molecule has 0 saturated heterocycles. The van der Waals surface area contributed by atoms with Crippen molar-refractivity contribution >= 4 is 29.2 Å². The summed E-state index contributed by atoms with van der Waals surface area (Å²) in [4.78, 5) is 35.7. The van der Waals surface area contributed by atoms with Crippen molar-refractivity contribution in [2.75, 3.05) is 7.05 Å². The number of benzene rings is 2. The third kappa shape index (κ3) is 6.94. The predicted octanol–water partition coefficient (Wildman–Crippen LogP) is 4.62. The fourth-order valence-electron chi connectivity index (χ4n) is 4.49. The van der Waals surface area contributed by atoms with Gasteiger partial charge in [-0.25, -0.2) is 0 Å². The van der Waals surface area contributed by atoms with Crippen molar-refractivity contribution in [2.45, 2.75) is 19.9 Å². The lowest BCUT2D eigenvalue weighted by atomic mass is 10.0. The van der Waals surface area contributed by atoms with Crippen LogP contribution in [-0.4, -0.2) is 39.9 Å². The summed E-state index contributed by atoms with van der Waals surface area (Å²) in [5, 5.41) is 8.41. The Kier molecular flexibility index (Phi) is 10.5. The number of aromatic nitrogens is 3. The van der Waals surface area contributed by atoms with E-state index >= 15 is 0 Å². The van der Waals surface area contributed by atoms with Crippen LogP contribution < -0.4 is 16.6 Å².